The molecular weight excluding hydrogens is 230 g/mol. The van der Waals surface area contributed by atoms with Crippen molar-refractivity contribution in [3.63, 3.8) is 0 Å². The molecule has 0 unspecified atom stereocenters. The van der Waals surface area contributed by atoms with Crippen LogP contribution in [0, 0.1) is 0 Å². The Morgan fingerprint density at radius 1 is 1.11 bits per heavy atom. The van der Waals surface area contributed by atoms with E-state index in [-0.39, 0.29) is 11.8 Å². The van der Waals surface area contributed by atoms with Crippen LogP contribution in [0.5, 0.6) is 0 Å². The van der Waals surface area contributed by atoms with Gasteiger partial charge in [-0.05, 0) is 27.3 Å². The highest BCUT2D eigenvalue weighted by Gasteiger charge is 2.31. The quantitative estimate of drug-likeness (QED) is 0.797. The highest BCUT2D eigenvalue weighted by Crippen LogP contribution is 2.11. The Balaban J connectivity index is 2.62. The smallest absolute Gasteiger partial charge is 0.242 e. The fourth-order valence-electron chi connectivity index (χ4n) is 2.10. The molecule has 0 aromatic heterocycles. The summed E-state index contributed by atoms with van der Waals surface area (Å²) in [5, 5.41) is 3.03. The minimum atomic E-state index is -0.538. The number of hydrogen-bond donors (Lipinski definition) is 1. The highest BCUT2D eigenvalue weighted by atomic mass is 16.2. The van der Waals surface area contributed by atoms with Crippen molar-refractivity contribution >= 4 is 11.8 Å². The zero-order valence-electron chi connectivity index (χ0n) is 12.0. The van der Waals surface area contributed by atoms with Gasteiger partial charge in [0, 0.05) is 32.6 Å². The topological polar surface area (TPSA) is 52.7 Å². The second-order valence-corrected chi connectivity index (χ2v) is 5.26. The summed E-state index contributed by atoms with van der Waals surface area (Å²) in [6.07, 6.45) is 1.40. The van der Waals surface area contributed by atoms with E-state index < -0.39 is 5.54 Å². The van der Waals surface area contributed by atoms with E-state index in [0.717, 1.165) is 19.5 Å². The molecule has 0 spiro atoms. The second-order valence-electron chi connectivity index (χ2n) is 5.26. The first-order valence-corrected chi connectivity index (χ1v) is 6.68. The Hall–Kier alpha value is -1.10. The van der Waals surface area contributed by atoms with Crippen LogP contribution in [-0.4, -0.2) is 60.4 Å². The van der Waals surface area contributed by atoms with E-state index in [0.29, 0.717) is 19.5 Å². The predicted molar refractivity (Wildman–Crippen MR) is 71.2 cm³/mol. The molecule has 2 amide bonds. The Kier molecular flexibility index (Phi) is 5.14. The van der Waals surface area contributed by atoms with Crippen LogP contribution in [-0.2, 0) is 9.59 Å². The number of nitrogens with zero attached hydrogens (tertiary/aromatic N) is 2. The van der Waals surface area contributed by atoms with Gasteiger partial charge in [-0.3, -0.25) is 9.59 Å². The predicted octanol–water partition coefficient (Wildman–Crippen LogP) is 0.455. The van der Waals surface area contributed by atoms with Crippen LogP contribution in [0.1, 0.15) is 33.6 Å². The summed E-state index contributed by atoms with van der Waals surface area (Å²) in [7, 11) is 1.79. The number of rotatable bonds is 3. The van der Waals surface area contributed by atoms with Gasteiger partial charge in [-0.15, -0.1) is 0 Å². The van der Waals surface area contributed by atoms with Gasteiger partial charge >= 0.3 is 0 Å². The molecule has 1 aliphatic heterocycles. The fraction of sp³-hybridized carbons (Fsp3) is 0.846. The van der Waals surface area contributed by atoms with Gasteiger partial charge in [-0.1, -0.05) is 6.92 Å². The van der Waals surface area contributed by atoms with Gasteiger partial charge in [0.15, 0.2) is 0 Å². The first-order chi connectivity index (χ1) is 8.42. The maximum absolute atomic E-state index is 12.3. The maximum Gasteiger partial charge on any atom is 0.242 e. The zero-order valence-corrected chi connectivity index (χ0v) is 12.0. The molecule has 1 aliphatic rings. The van der Waals surface area contributed by atoms with E-state index in [2.05, 4.69) is 5.32 Å². The molecule has 1 fully saturated rings. The summed E-state index contributed by atoms with van der Waals surface area (Å²) < 4.78 is 0. The summed E-state index contributed by atoms with van der Waals surface area (Å²) in [6.45, 7) is 8.42. The summed E-state index contributed by atoms with van der Waals surface area (Å²) in [4.78, 5) is 27.7. The lowest BCUT2D eigenvalue weighted by molar-refractivity contribution is -0.137. The van der Waals surface area contributed by atoms with Crippen molar-refractivity contribution in [2.45, 2.75) is 39.2 Å². The monoisotopic (exact) mass is 255 g/mol. The molecule has 0 bridgehead atoms. The van der Waals surface area contributed by atoms with Crippen molar-refractivity contribution in [3.8, 4) is 0 Å². The lowest BCUT2D eigenvalue weighted by Crippen LogP contribution is -2.53. The van der Waals surface area contributed by atoms with Gasteiger partial charge in [0.1, 0.15) is 0 Å². The fourth-order valence-corrected chi connectivity index (χ4v) is 2.10. The van der Waals surface area contributed by atoms with Crippen LogP contribution in [0.25, 0.3) is 0 Å². The molecule has 0 aliphatic carbocycles. The van der Waals surface area contributed by atoms with E-state index >= 15 is 0 Å². The number of carbonyl (C=O) groups excluding carboxylic acids is 2. The molecule has 0 atom stereocenters. The third-order valence-electron chi connectivity index (χ3n) is 3.60. The standard InChI is InChI=1S/C13H25N3O2/c1-5-11(17)15-7-6-8-16(10-9-15)12(18)13(2,3)14-4/h14H,5-10H2,1-4H3. The summed E-state index contributed by atoms with van der Waals surface area (Å²) in [5.74, 6) is 0.285. The average molecular weight is 255 g/mol. The van der Waals surface area contributed by atoms with E-state index in [4.69, 9.17) is 0 Å². The van der Waals surface area contributed by atoms with E-state index in [1.807, 2.05) is 30.6 Å². The second kappa shape index (κ2) is 6.18. The van der Waals surface area contributed by atoms with Crippen LogP contribution in [0.15, 0.2) is 0 Å². The molecule has 0 radical (unpaired) electrons. The molecule has 0 aromatic rings. The van der Waals surface area contributed by atoms with Crippen molar-refractivity contribution in [2.24, 2.45) is 0 Å². The van der Waals surface area contributed by atoms with E-state index in [1.165, 1.54) is 0 Å². The average Bonchev–Trinajstić information content (AvgIpc) is 2.62. The first kappa shape index (κ1) is 15.0. The number of carbonyl (C=O) groups is 2. The molecular formula is C13H25N3O2. The van der Waals surface area contributed by atoms with Gasteiger partial charge in [0.25, 0.3) is 0 Å². The van der Waals surface area contributed by atoms with Crippen molar-refractivity contribution in [1.82, 2.24) is 15.1 Å². The summed E-state index contributed by atoms with van der Waals surface area (Å²) in [5.41, 5.74) is -0.538. The van der Waals surface area contributed by atoms with E-state index in [9.17, 15) is 9.59 Å². The molecule has 104 valence electrons. The third kappa shape index (κ3) is 3.45. The minimum Gasteiger partial charge on any atom is -0.341 e. The largest absolute Gasteiger partial charge is 0.341 e. The van der Waals surface area contributed by atoms with Crippen LogP contribution in [0.4, 0.5) is 0 Å². The molecule has 5 nitrogen and oxygen atoms in total. The SMILES string of the molecule is CCC(=O)N1CCCN(C(=O)C(C)(C)NC)CC1. The van der Waals surface area contributed by atoms with Crippen LogP contribution in [0.2, 0.25) is 0 Å². The van der Waals surface area contributed by atoms with Crippen LogP contribution < -0.4 is 5.32 Å². The highest BCUT2D eigenvalue weighted by molar-refractivity contribution is 5.85. The third-order valence-corrected chi connectivity index (χ3v) is 3.60. The van der Waals surface area contributed by atoms with Crippen LogP contribution >= 0.6 is 0 Å². The van der Waals surface area contributed by atoms with Gasteiger partial charge in [-0.2, -0.15) is 0 Å². The number of likely N-dealkylation sites (N-methyl/N-ethyl adjacent to an activating group) is 1. The lowest BCUT2D eigenvalue weighted by atomic mass is 10.0. The maximum atomic E-state index is 12.3. The van der Waals surface area contributed by atoms with Crippen molar-refractivity contribution < 1.29 is 9.59 Å². The molecule has 18 heavy (non-hydrogen) atoms. The van der Waals surface area contributed by atoms with Gasteiger partial charge < -0.3 is 15.1 Å². The van der Waals surface area contributed by atoms with Crippen molar-refractivity contribution in [2.75, 3.05) is 33.2 Å². The van der Waals surface area contributed by atoms with Gasteiger partial charge in [0.05, 0.1) is 5.54 Å². The summed E-state index contributed by atoms with van der Waals surface area (Å²) in [6, 6.07) is 0. The molecule has 1 rings (SSSR count). The van der Waals surface area contributed by atoms with Crippen molar-refractivity contribution in [1.29, 1.82) is 0 Å². The number of nitrogens with one attached hydrogen (secondary N) is 1. The molecule has 0 saturated carbocycles. The molecule has 0 aromatic carbocycles. The minimum absolute atomic E-state index is 0.107. The number of amides is 2. The normalized spacial score (nSPS) is 17.6. The van der Waals surface area contributed by atoms with Gasteiger partial charge in [-0.25, -0.2) is 0 Å². The Labute approximate surface area is 110 Å². The Morgan fingerprint density at radius 2 is 1.67 bits per heavy atom. The molecule has 1 N–H and O–H groups in total. The zero-order chi connectivity index (χ0) is 13.8. The Morgan fingerprint density at radius 3 is 2.22 bits per heavy atom. The molecule has 5 heteroatoms. The molecule has 1 heterocycles. The van der Waals surface area contributed by atoms with Crippen LogP contribution in [0.3, 0.4) is 0 Å². The lowest BCUT2D eigenvalue weighted by Gasteiger charge is -2.31. The first-order valence-electron chi connectivity index (χ1n) is 6.68. The summed E-state index contributed by atoms with van der Waals surface area (Å²) >= 11 is 0. The van der Waals surface area contributed by atoms with Gasteiger partial charge in [0.2, 0.25) is 11.8 Å². The van der Waals surface area contributed by atoms with E-state index in [1.54, 1.807) is 7.05 Å². The number of hydrogen-bond acceptors (Lipinski definition) is 3. The van der Waals surface area contributed by atoms with Crippen molar-refractivity contribution in [3.05, 3.63) is 0 Å². The molecule has 1 saturated heterocycles. The Bertz CT molecular complexity index is 315.